The summed E-state index contributed by atoms with van der Waals surface area (Å²) in [7, 11) is 0. The zero-order chi connectivity index (χ0) is 13.4. The van der Waals surface area contributed by atoms with Gasteiger partial charge in [0.15, 0.2) is 0 Å². The van der Waals surface area contributed by atoms with E-state index in [0.717, 1.165) is 5.92 Å². The van der Waals surface area contributed by atoms with Crippen molar-refractivity contribution in [2.45, 2.75) is 71.1 Å². The van der Waals surface area contributed by atoms with Gasteiger partial charge in [0.25, 0.3) is 0 Å². The van der Waals surface area contributed by atoms with Crippen LogP contribution in [0.15, 0.2) is 24.3 Å². The van der Waals surface area contributed by atoms with E-state index in [1.54, 1.807) is 5.56 Å². The van der Waals surface area contributed by atoms with Crippen LogP contribution in [0.2, 0.25) is 0 Å². The molecule has 0 atom stereocenters. The SMILES string of the molecule is CC1CCC(C)(c2ccc(C(C)(C)C)cc2)CC1. The lowest BCUT2D eigenvalue weighted by Gasteiger charge is -2.37. The van der Waals surface area contributed by atoms with Crippen molar-refractivity contribution in [3.05, 3.63) is 35.4 Å². The topological polar surface area (TPSA) is 0 Å². The van der Waals surface area contributed by atoms with Crippen molar-refractivity contribution in [1.29, 1.82) is 0 Å². The molecule has 2 rings (SSSR count). The summed E-state index contributed by atoms with van der Waals surface area (Å²) < 4.78 is 0. The summed E-state index contributed by atoms with van der Waals surface area (Å²) in [5, 5.41) is 0. The minimum atomic E-state index is 0.264. The lowest BCUT2D eigenvalue weighted by atomic mass is 9.68. The van der Waals surface area contributed by atoms with Gasteiger partial charge in [0.1, 0.15) is 0 Å². The monoisotopic (exact) mass is 244 g/mol. The molecule has 1 aliphatic rings. The first kappa shape index (κ1) is 13.6. The average molecular weight is 244 g/mol. The summed E-state index contributed by atoms with van der Waals surface area (Å²) >= 11 is 0. The third-order valence-corrected chi connectivity index (χ3v) is 4.83. The van der Waals surface area contributed by atoms with Crippen LogP contribution in [0.4, 0.5) is 0 Å². The molecule has 0 heterocycles. The van der Waals surface area contributed by atoms with Crippen LogP contribution >= 0.6 is 0 Å². The Morgan fingerprint density at radius 2 is 1.50 bits per heavy atom. The van der Waals surface area contributed by atoms with Gasteiger partial charge in [0.2, 0.25) is 0 Å². The van der Waals surface area contributed by atoms with E-state index in [-0.39, 0.29) is 5.41 Å². The van der Waals surface area contributed by atoms with Crippen LogP contribution in [-0.2, 0) is 10.8 Å². The van der Waals surface area contributed by atoms with E-state index in [9.17, 15) is 0 Å². The molecule has 1 aliphatic carbocycles. The second kappa shape index (κ2) is 4.72. The molecule has 0 radical (unpaired) electrons. The van der Waals surface area contributed by atoms with Crippen LogP contribution in [0.1, 0.15) is 71.4 Å². The second-order valence-corrected chi connectivity index (χ2v) is 7.57. The molecule has 0 aromatic heterocycles. The highest BCUT2D eigenvalue weighted by Gasteiger charge is 2.31. The Labute approximate surface area is 113 Å². The normalized spacial score (nSPS) is 29.3. The third-order valence-electron chi connectivity index (χ3n) is 4.83. The van der Waals surface area contributed by atoms with Crippen molar-refractivity contribution in [2.24, 2.45) is 5.92 Å². The van der Waals surface area contributed by atoms with Crippen molar-refractivity contribution in [1.82, 2.24) is 0 Å². The fourth-order valence-electron chi connectivity index (χ4n) is 3.06. The van der Waals surface area contributed by atoms with Crippen molar-refractivity contribution in [2.75, 3.05) is 0 Å². The number of rotatable bonds is 1. The molecule has 0 N–H and O–H groups in total. The summed E-state index contributed by atoms with van der Waals surface area (Å²) in [6.45, 7) is 11.7. The van der Waals surface area contributed by atoms with E-state index < -0.39 is 0 Å². The van der Waals surface area contributed by atoms with Crippen molar-refractivity contribution < 1.29 is 0 Å². The molecule has 0 unspecified atom stereocenters. The van der Waals surface area contributed by atoms with E-state index in [4.69, 9.17) is 0 Å². The molecule has 0 heteroatoms. The molecule has 1 saturated carbocycles. The van der Waals surface area contributed by atoms with E-state index in [0.29, 0.717) is 5.41 Å². The van der Waals surface area contributed by atoms with Crippen molar-refractivity contribution in [3.8, 4) is 0 Å². The molecular formula is C18H28. The van der Waals surface area contributed by atoms with Gasteiger partial charge in [0.05, 0.1) is 0 Å². The van der Waals surface area contributed by atoms with Crippen LogP contribution in [0, 0.1) is 5.92 Å². The van der Waals surface area contributed by atoms with E-state index in [2.05, 4.69) is 58.9 Å². The van der Waals surface area contributed by atoms with Crippen LogP contribution in [0.25, 0.3) is 0 Å². The minimum Gasteiger partial charge on any atom is -0.0625 e. The highest BCUT2D eigenvalue weighted by Crippen LogP contribution is 2.41. The fourth-order valence-corrected chi connectivity index (χ4v) is 3.06. The Hall–Kier alpha value is -0.780. The quantitative estimate of drug-likeness (QED) is 0.616. The lowest BCUT2D eigenvalue weighted by molar-refractivity contribution is 0.260. The van der Waals surface area contributed by atoms with E-state index >= 15 is 0 Å². The largest absolute Gasteiger partial charge is 0.0625 e. The molecule has 18 heavy (non-hydrogen) atoms. The first-order valence-corrected chi connectivity index (χ1v) is 7.42. The van der Waals surface area contributed by atoms with E-state index in [1.165, 1.54) is 31.2 Å². The van der Waals surface area contributed by atoms with Gasteiger partial charge in [-0.1, -0.05) is 58.9 Å². The third kappa shape index (κ3) is 2.79. The van der Waals surface area contributed by atoms with Gasteiger partial charge < -0.3 is 0 Å². The zero-order valence-electron chi connectivity index (χ0n) is 12.7. The van der Waals surface area contributed by atoms with Gasteiger partial charge in [-0.05, 0) is 53.6 Å². The summed E-state index contributed by atoms with van der Waals surface area (Å²) in [4.78, 5) is 0. The predicted octanol–water partition coefficient (Wildman–Crippen LogP) is 5.45. The van der Waals surface area contributed by atoms with Crippen LogP contribution < -0.4 is 0 Å². The summed E-state index contributed by atoms with van der Waals surface area (Å²) in [5.41, 5.74) is 3.67. The first-order chi connectivity index (χ1) is 8.31. The molecule has 0 aliphatic heterocycles. The van der Waals surface area contributed by atoms with Gasteiger partial charge in [-0.15, -0.1) is 0 Å². The summed E-state index contributed by atoms with van der Waals surface area (Å²) in [6, 6.07) is 9.41. The Kier molecular flexibility index (Phi) is 3.58. The highest BCUT2D eigenvalue weighted by atomic mass is 14.4. The minimum absolute atomic E-state index is 0.264. The Morgan fingerprint density at radius 1 is 1.00 bits per heavy atom. The van der Waals surface area contributed by atoms with Gasteiger partial charge in [-0.25, -0.2) is 0 Å². The van der Waals surface area contributed by atoms with Gasteiger partial charge in [-0.3, -0.25) is 0 Å². The number of hydrogen-bond donors (Lipinski definition) is 0. The fraction of sp³-hybridized carbons (Fsp3) is 0.667. The molecule has 0 bridgehead atoms. The van der Waals surface area contributed by atoms with Gasteiger partial charge in [-0.2, -0.15) is 0 Å². The molecule has 0 saturated heterocycles. The Bertz CT molecular complexity index is 383. The highest BCUT2D eigenvalue weighted by molar-refractivity contribution is 5.32. The average Bonchev–Trinajstić information content (AvgIpc) is 2.32. The van der Waals surface area contributed by atoms with Crippen LogP contribution in [0.3, 0.4) is 0 Å². The van der Waals surface area contributed by atoms with Crippen LogP contribution in [0.5, 0.6) is 0 Å². The molecule has 0 nitrogen and oxygen atoms in total. The standard InChI is InChI=1S/C18H28/c1-14-10-12-18(5,13-11-14)16-8-6-15(7-9-16)17(2,3)4/h6-9,14H,10-13H2,1-5H3. The number of hydrogen-bond acceptors (Lipinski definition) is 0. The maximum Gasteiger partial charge on any atom is -0.00750 e. The van der Waals surface area contributed by atoms with Crippen molar-refractivity contribution in [3.63, 3.8) is 0 Å². The zero-order valence-corrected chi connectivity index (χ0v) is 12.7. The molecular weight excluding hydrogens is 216 g/mol. The summed E-state index contributed by atoms with van der Waals surface area (Å²) in [5.74, 6) is 0.923. The van der Waals surface area contributed by atoms with Gasteiger partial charge in [0, 0.05) is 0 Å². The lowest BCUT2D eigenvalue weighted by Crippen LogP contribution is -2.28. The first-order valence-electron chi connectivity index (χ1n) is 7.42. The maximum atomic E-state index is 2.45. The number of benzene rings is 1. The van der Waals surface area contributed by atoms with Crippen molar-refractivity contribution >= 4 is 0 Å². The second-order valence-electron chi connectivity index (χ2n) is 7.57. The molecule has 0 amide bonds. The maximum absolute atomic E-state index is 2.45. The van der Waals surface area contributed by atoms with Crippen LogP contribution in [-0.4, -0.2) is 0 Å². The molecule has 1 fully saturated rings. The molecule has 0 spiro atoms. The predicted molar refractivity (Wildman–Crippen MR) is 80.1 cm³/mol. The smallest absolute Gasteiger partial charge is 0.00750 e. The Balaban J connectivity index is 2.19. The Morgan fingerprint density at radius 3 is 1.94 bits per heavy atom. The molecule has 1 aromatic carbocycles. The molecule has 1 aromatic rings. The van der Waals surface area contributed by atoms with E-state index in [1.807, 2.05) is 0 Å². The molecule has 100 valence electrons. The van der Waals surface area contributed by atoms with Gasteiger partial charge >= 0.3 is 0 Å². The summed E-state index contributed by atoms with van der Waals surface area (Å²) in [6.07, 6.45) is 5.47.